The quantitative estimate of drug-likeness (QED) is 0.355. The zero-order chi connectivity index (χ0) is 25.4. The summed E-state index contributed by atoms with van der Waals surface area (Å²) in [5.74, 6) is 0. The van der Waals surface area contributed by atoms with E-state index < -0.39 is 39.1 Å². The summed E-state index contributed by atoms with van der Waals surface area (Å²) in [4.78, 5) is 0. The first-order valence-electron chi connectivity index (χ1n) is 11.8. The summed E-state index contributed by atoms with van der Waals surface area (Å²) in [5, 5.41) is 28.0. The highest BCUT2D eigenvalue weighted by atomic mass is 32.2. The van der Waals surface area contributed by atoms with E-state index in [2.05, 4.69) is 5.32 Å². The molecule has 0 aliphatic carbocycles. The Balaban J connectivity index is 1.63. The maximum Gasteiger partial charge on any atom is 0.0914 e. The van der Waals surface area contributed by atoms with Gasteiger partial charge in [-0.25, -0.2) is 0 Å². The number of nitrogens with one attached hydrogen (secondary N) is 2. The highest BCUT2D eigenvalue weighted by Gasteiger charge is 2.50. The summed E-state index contributed by atoms with van der Waals surface area (Å²) in [7, 11) is -1.90. The predicted molar refractivity (Wildman–Crippen MR) is 137 cm³/mol. The lowest BCUT2D eigenvalue weighted by Gasteiger charge is -2.32. The lowest BCUT2D eigenvalue weighted by molar-refractivity contribution is -0.266. The highest BCUT2D eigenvalue weighted by molar-refractivity contribution is 7.73. The van der Waals surface area contributed by atoms with Gasteiger partial charge in [0.1, 0.15) is 0 Å². The van der Waals surface area contributed by atoms with Crippen LogP contribution < -0.4 is 5.32 Å². The van der Waals surface area contributed by atoms with E-state index in [-0.39, 0.29) is 6.54 Å². The Morgan fingerprint density at radius 1 is 0.857 bits per heavy atom. The van der Waals surface area contributed by atoms with Crippen LogP contribution >= 0.6 is 0 Å². The van der Waals surface area contributed by atoms with Gasteiger partial charge < -0.3 is 19.4 Å². The second kappa shape index (κ2) is 9.84. The number of benzene rings is 3. The third kappa shape index (κ3) is 4.79. The van der Waals surface area contributed by atoms with Gasteiger partial charge in [0.2, 0.25) is 0 Å². The molecule has 3 atom stereocenters. The molecule has 35 heavy (non-hydrogen) atoms. The van der Waals surface area contributed by atoms with Crippen LogP contribution in [0.15, 0.2) is 78.9 Å². The van der Waals surface area contributed by atoms with Gasteiger partial charge >= 0.3 is 0 Å². The minimum atomic E-state index is -1.90. The summed E-state index contributed by atoms with van der Waals surface area (Å²) >= 11 is 0. The van der Waals surface area contributed by atoms with E-state index in [1.54, 1.807) is 0 Å². The van der Waals surface area contributed by atoms with Crippen molar-refractivity contribution in [1.29, 1.82) is 4.78 Å². The van der Waals surface area contributed by atoms with Crippen molar-refractivity contribution >= 4 is 10.6 Å². The molecule has 2 unspecified atom stereocenters. The molecular weight excluding hydrogens is 458 g/mol. The van der Waals surface area contributed by atoms with Gasteiger partial charge in [0.25, 0.3) is 0 Å². The van der Waals surface area contributed by atoms with Crippen LogP contribution in [0.1, 0.15) is 72.9 Å². The molecule has 0 saturated heterocycles. The lowest BCUT2D eigenvalue weighted by atomic mass is 9.88. The molecule has 3 aromatic carbocycles. The van der Waals surface area contributed by atoms with Gasteiger partial charge in [0.05, 0.1) is 17.2 Å². The molecule has 6 nitrogen and oxygen atoms in total. The van der Waals surface area contributed by atoms with Crippen molar-refractivity contribution in [3.05, 3.63) is 107 Å². The molecule has 0 saturated carbocycles. The molecule has 1 heterocycles. The number of hydrogen-bond acceptors (Lipinski definition) is 6. The topological polar surface area (TPSA) is 96.3 Å². The second-order valence-corrected chi connectivity index (χ2v) is 11.3. The fourth-order valence-corrected chi connectivity index (χ4v) is 6.13. The minimum Gasteiger partial charge on any atom is -0.444 e. The summed E-state index contributed by atoms with van der Waals surface area (Å²) in [6.45, 7) is 7.84. The lowest BCUT2D eigenvalue weighted by Crippen LogP contribution is -2.41. The average Bonchev–Trinajstić information content (AvgIpc) is 2.99. The fraction of sp³-hybridized carbons (Fsp3) is 0.357. The van der Waals surface area contributed by atoms with E-state index in [1.165, 1.54) is 0 Å². The van der Waals surface area contributed by atoms with E-state index in [0.717, 1.165) is 27.3 Å². The van der Waals surface area contributed by atoms with E-state index >= 15 is 0 Å². The third-order valence-corrected chi connectivity index (χ3v) is 8.12. The van der Waals surface area contributed by atoms with Crippen molar-refractivity contribution in [2.75, 3.05) is 6.54 Å². The molecular formula is C28H33N3O3S-. The molecule has 0 spiro atoms. The van der Waals surface area contributed by atoms with Gasteiger partial charge in [0, 0.05) is 12.6 Å². The van der Waals surface area contributed by atoms with Crippen molar-refractivity contribution in [3.63, 3.8) is 0 Å². The molecule has 7 heteroatoms. The molecule has 4 rings (SSSR count). The molecule has 0 fully saturated rings. The first kappa shape index (κ1) is 25.5. The summed E-state index contributed by atoms with van der Waals surface area (Å²) in [5.41, 5.74) is 2.96. The maximum absolute atomic E-state index is 12.9. The zero-order valence-corrected chi connectivity index (χ0v) is 21.4. The molecule has 1 aliphatic heterocycles. The van der Waals surface area contributed by atoms with Gasteiger partial charge in [-0.1, -0.05) is 84.4 Å². The van der Waals surface area contributed by atoms with E-state index in [1.807, 2.05) is 107 Å². The van der Waals surface area contributed by atoms with Gasteiger partial charge in [-0.3, -0.25) is 0 Å². The number of hydroxylamine groups is 2. The van der Waals surface area contributed by atoms with Gasteiger partial charge in [-0.05, 0) is 55.2 Å². The molecule has 1 aliphatic rings. The molecule has 3 N–H and O–H groups in total. The Labute approximate surface area is 209 Å². The Bertz CT molecular complexity index is 1230. The van der Waals surface area contributed by atoms with Crippen LogP contribution in [0.5, 0.6) is 0 Å². The Morgan fingerprint density at radius 3 is 1.97 bits per heavy atom. The largest absolute Gasteiger partial charge is 0.444 e. The van der Waals surface area contributed by atoms with Crippen molar-refractivity contribution < 1.29 is 14.5 Å². The second-order valence-electron chi connectivity index (χ2n) is 10.2. The van der Waals surface area contributed by atoms with Crippen molar-refractivity contribution in [2.24, 2.45) is 0 Å². The molecule has 3 aromatic rings. The summed E-state index contributed by atoms with van der Waals surface area (Å²) in [6, 6.07) is 24.3. The maximum atomic E-state index is 12.9. The van der Waals surface area contributed by atoms with Crippen molar-refractivity contribution in [2.45, 2.75) is 56.2 Å². The third-order valence-electron chi connectivity index (χ3n) is 7.11. The van der Waals surface area contributed by atoms with Crippen LogP contribution in [-0.2, 0) is 31.1 Å². The van der Waals surface area contributed by atoms with Gasteiger partial charge in [0.15, 0.2) is 0 Å². The first-order valence-corrected chi connectivity index (χ1v) is 13.0. The zero-order valence-electron chi connectivity index (χ0n) is 20.6. The first-order chi connectivity index (χ1) is 16.5. The number of aliphatic hydroxyl groups excluding tert-OH is 1. The smallest absolute Gasteiger partial charge is 0.0914 e. The molecule has 0 amide bonds. The van der Waals surface area contributed by atoms with Crippen LogP contribution in [0.3, 0.4) is 0 Å². The molecule has 185 valence electrons. The Kier molecular flexibility index (Phi) is 7.18. The fourth-order valence-electron chi connectivity index (χ4n) is 5.23. The summed E-state index contributed by atoms with van der Waals surface area (Å²) in [6.07, 6.45) is -0.846. The van der Waals surface area contributed by atoms with E-state index in [9.17, 15) is 14.5 Å². The number of aliphatic hydroxyl groups is 1. The van der Waals surface area contributed by atoms with E-state index in [0.29, 0.717) is 5.56 Å². The van der Waals surface area contributed by atoms with Crippen LogP contribution in [0.4, 0.5) is 0 Å². The van der Waals surface area contributed by atoms with Crippen LogP contribution in [-0.4, -0.2) is 16.7 Å². The van der Waals surface area contributed by atoms with Crippen LogP contribution in [0.25, 0.3) is 0 Å². The molecule has 0 bridgehead atoms. The number of nitrogens with zero attached hydrogens (tertiary/aromatic N) is 1. The normalized spacial score (nSPS) is 19.3. The number of hydrogen-bond donors (Lipinski definition) is 3. The number of rotatable bonds is 8. The van der Waals surface area contributed by atoms with Gasteiger partial charge in [-0.15, -0.1) is 10.3 Å². The summed E-state index contributed by atoms with van der Waals surface area (Å²) < 4.78 is 20.7. The van der Waals surface area contributed by atoms with Crippen LogP contribution in [0.2, 0.25) is 0 Å². The van der Waals surface area contributed by atoms with Crippen molar-refractivity contribution in [3.8, 4) is 0 Å². The van der Waals surface area contributed by atoms with Crippen molar-refractivity contribution in [1.82, 2.24) is 10.4 Å². The molecule has 0 aromatic heterocycles. The predicted octanol–water partition coefficient (Wildman–Crippen LogP) is 5.65. The van der Waals surface area contributed by atoms with E-state index in [4.69, 9.17) is 4.78 Å². The SMILES string of the molecule is CC1(C)c2ccc(C(O)CNC(c3ccccc3)[C@@H](c3ccccc3)[S-](=N)=O)cc2C(C)(C)N1[O]. The Morgan fingerprint density at radius 2 is 1.40 bits per heavy atom. The standard InChI is InChI=1S/C28H33N3O3S/c1-27(2)22-16-15-21(17-23(22)28(3,4)31(27)33)24(32)18-30-25(19-11-7-5-8-12-19)26(35(29)34)20-13-9-6-10-14-20/h5-17,24-26,29-30,32H,18H2,1-4H3/q-1/t24?,25?,26-/m1/s1. The number of fused-ring (bicyclic) bond motifs is 1. The highest BCUT2D eigenvalue weighted by Crippen LogP contribution is 2.48. The minimum absolute atomic E-state index is 0.198. The average molecular weight is 492 g/mol. The Hall–Kier alpha value is -2.55. The van der Waals surface area contributed by atoms with Crippen LogP contribution in [0, 0.1) is 4.78 Å². The monoisotopic (exact) mass is 491 g/mol. The molecule has 1 radical (unpaired) electrons. The van der Waals surface area contributed by atoms with Gasteiger partial charge in [-0.2, -0.15) is 10.6 Å².